The maximum atomic E-state index is 2.48. The Bertz CT molecular complexity index is 339. The quantitative estimate of drug-likeness (QED) is 0.429. The molecule has 2 heteroatoms. The molecule has 0 spiro atoms. The summed E-state index contributed by atoms with van der Waals surface area (Å²) < 4.78 is 4.95. The highest BCUT2D eigenvalue weighted by Gasteiger charge is 2.19. The van der Waals surface area contributed by atoms with Crippen LogP contribution in [-0.2, 0) is 13.1 Å². The van der Waals surface area contributed by atoms with Crippen molar-refractivity contribution in [3.63, 3.8) is 0 Å². The highest BCUT2D eigenvalue weighted by Crippen LogP contribution is 2.13. The molecule has 0 amide bonds. The van der Waals surface area contributed by atoms with Gasteiger partial charge in [0.15, 0.2) is 0 Å². The van der Waals surface area contributed by atoms with E-state index in [-0.39, 0.29) is 0 Å². The molecule has 110 valence electrons. The van der Waals surface area contributed by atoms with Crippen LogP contribution in [-0.4, -0.2) is 4.57 Å². The molecule has 0 N–H and O–H groups in total. The molecular weight excluding hydrogens is 232 g/mol. The van der Waals surface area contributed by atoms with Gasteiger partial charge < -0.3 is 0 Å². The van der Waals surface area contributed by atoms with E-state index in [2.05, 4.69) is 49.2 Å². The molecule has 0 fully saturated rings. The summed E-state index contributed by atoms with van der Waals surface area (Å²) in [6.45, 7) is 11.5. The van der Waals surface area contributed by atoms with Gasteiger partial charge in [-0.05, 0) is 25.7 Å². The van der Waals surface area contributed by atoms with E-state index in [4.69, 9.17) is 0 Å². The smallest absolute Gasteiger partial charge is 0.234 e. The third kappa shape index (κ3) is 5.38. The Morgan fingerprint density at radius 2 is 1.68 bits per heavy atom. The van der Waals surface area contributed by atoms with Crippen LogP contribution in [0.1, 0.15) is 84.4 Å². The van der Waals surface area contributed by atoms with E-state index >= 15 is 0 Å². The van der Waals surface area contributed by atoms with Crippen molar-refractivity contribution >= 4 is 0 Å². The van der Waals surface area contributed by atoms with Crippen molar-refractivity contribution in [2.45, 2.75) is 91.6 Å². The average molecular weight is 265 g/mol. The molecule has 0 aliphatic heterocycles. The number of rotatable bonds is 10. The van der Waals surface area contributed by atoms with Gasteiger partial charge in [-0.25, -0.2) is 9.13 Å². The Hall–Kier alpha value is -0.790. The second-order valence-corrected chi connectivity index (χ2v) is 5.97. The molecule has 1 rings (SSSR count). The van der Waals surface area contributed by atoms with Crippen LogP contribution in [0.15, 0.2) is 12.4 Å². The van der Waals surface area contributed by atoms with Crippen molar-refractivity contribution in [3.8, 4) is 0 Å². The number of aryl methyl sites for hydroxylation is 2. The van der Waals surface area contributed by atoms with Crippen molar-refractivity contribution in [1.29, 1.82) is 0 Å². The molecule has 19 heavy (non-hydrogen) atoms. The maximum Gasteiger partial charge on any atom is 0.258 e. The summed E-state index contributed by atoms with van der Waals surface area (Å²) in [5, 5.41) is 0. The number of unbranched alkanes of at least 4 members (excludes halogenated alkanes) is 5. The highest BCUT2D eigenvalue weighted by molar-refractivity contribution is 4.89. The predicted octanol–water partition coefficient (Wildman–Crippen LogP) is 4.67. The van der Waals surface area contributed by atoms with Crippen molar-refractivity contribution in [2.24, 2.45) is 0 Å². The summed E-state index contributed by atoms with van der Waals surface area (Å²) in [7, 11) is 0. The molecule has 2 nitrogen and oxygen atoms in total. The Morgan fingerprint density at radius 3 is 2.32 bits per heavy atom. The van der Waals surface area contributed by atoms with Crippen LogP contribution in [0.3, 0.4) is 0 Å². The Labute approximate surface area is 119 Å². The van der Waals surface area contributed by atoms with Gasteiger partial charge in [0.2, 0.25) is 0 Å². The summed E-state index contributed by atoms with van der Waals surface area (Å²) in [5.41, 5.74) is 0. The molecule has 0 aromatic carbocycles. The van der Waals surface area contributed by atoms with Crippen LogP contribution in [0.5, 0.6) is 0 Å². The first-order valence-corrected chi connectivity index (χ1v) is 8.29. The summed E-state index contributed by atoms with van der Waals surface area (Å²) >= 11 is 0. The minimum atomic E-state index is 0.614. The summed E-state index contributed by atoms with van der Waals surface area (Å²) in [6, 6.07) is 0. The van der Waals surface area contributed by atoms with Crippen molar-refractivity contribution in [2.75, 3.05) is 0 Å². The van der Waals surface area contributed by atoms with E-state index in [1.54, 1.807) is 0 Å². The van der Waals surface area contributed by atoms with Gasteiger partial charge in [-0.3, -0.25) is 0 Å². The topological polar surface area (TPSA) is 8.81 Å². The largest absolute Gasteiger partial charge is 0.258 e. The van der Waals surface area contributed by atoms with Gasteiger partial charge in [0, 0.05) is 0 Å². The summed E-state index contributed by atoms with van der Waals surface area (Å²) in [4.78, 5) is 0. The molecule has 0 saturated heterocycles. The molecule has 1 heterocycles. The van der Waals surface area contributed by atoms with Gasteiger partial charge in [-0.2, -0.15) is 0 Å². The molecule has 0 aliphatic rings. The van der Waals surface area contributed by atoms with Crippen LogP contribution in [0, 0.1) is 0 Å². The number of aromatic nitrogens is 2. The normalized spacial score (nSPS) is 11.4. The second-order valence-electron chi connectivity index (χ2n) is 5.97. The van der Waals surface area contributed by atoms with Gasteiger partial charge in [0.25, 0.3) is 5.82 Å². The fourth-order valence-corrected chi connectivity index (χ4v) is 2.76. The zero-order chi connectivity index (χ0) is 14.1. The lowest BCUT2D eigenvalue weighted by Gasteiger charge is -2.08. The zero-order valence-corrected chi connectivity index (χ0v) is 13.5. The molecule has 0 radical (unpaired) electrons. The van der Waals surface area contributed by atoms with Crippen LogP contribution in [0.2, 0.25) is 0 Å². The summed E-state index contributed by atoms with van der Waals surface area (Å²) in [6.07, 6.45) is 13.9. The first-order valence-electron chi connectivity index (χ1n) is 8.29. The van der Waals surface area contributed by atoms with Crippen LogP contribution >= 0.6 is 0 Å². The molecule has 0 aliphatic carbocycles. The van der Waals surface area contributed by atoms with E-state index in [1.807, 2.05) is 0 Å². The monoisotopic (exact) mass is 265 g/mol. The number of imidazole rings is 1. The molecule has 0 unspecified atom stereocenters. The number of hydrogen-bond donors (Lipinski definition) is 0. The SMILES string of the molecule is CCCCCCn1cc[n+](CCCCC)c1C(C)C. The van der Waals surface area contributed by atoms with E-state index in [1.165, 1.54) is 63.9 Å². The Kier molecular flexibility index (Phi) is 7.85. The predicted molar refractivity (Wildman–Crippen MR) is 82.4 cm³/mol. The third-order valence-electron chi connectivity index (χ3n) is 3.79. The zero-order valence-electron chi connectivity index (χ0n) is 13.5. The minimum absolute atomic E-state index is 0.614. The van der Waals surface area contributed by atoms with Gasteiger partial charge in [0.1, 0.15) is 12.4 Å². The fourth-order valence-electron chi connectivity index (χ4n) is 2.76. The maximum absolute atomic E-state index is 2.48. The highest BCUT2D eigenvalue weighted by atomic mass is 15.1. The fraction of sp³-hybridized carbons (Fsp3) is 0.824. The van der Waals surface area contributed by atoms with E-state index in [0.29, 0.717) is 5.92 Å². The Morgan fingerprint density at radius 1 is 1.00 bits per heavy atom. The van der Waals surface area contributed by atoms with Gasteiger partial charge in [-0.15, -0.1) is 0 Å². The first-order chi connectivity index (χ1) is 9.20. The second kappa shape index (κ2) is 9.17. The molecule has 0 saturated carbocycles. The van der Waals surface area contributed by atoms with Gasteiger partial charge in [0.05, 0.1) is 19.0 Å². The van der Waals surface area contributed by atoms with Gasteiger partial charge >= 0.3 is 0 Å². The van der Waals surface area contributed by atoms with E-state index < -0.39 is 0 Å². The first kappa shape index (κ1) is 16.3. The third-order valence-corrected chi connectivity index (χ3v) is 3.79. The lowest BCUT2D eigenvalue weighted by molar-refractivity contribution is -0.705. The summed E-state index contributed by atoms with van der Waals surface area (Å²) in [5.74, 6) is 2.12. The van der Waals surface area contributed by atoms with Crippen LogP contribution in [0.4, 0.5) is 0 Å². The molecule has 1 aromatic heterocycles. The average Bonchev–Trinajstić information content (AvgIpc) is 2.78. The van der Waals surface area contributed by atoms with Crippen LogP contribution in [0.25, 0.3) is 0 Å². The molecule has 0 bridgehead atoms. The number of hydrogen-bond acceptors (Lipinski definition) is 0. The molecular formula is C17H33N2+. The Balaban J connectivity index is 2.59. The standard InChI is InChI=1S/C17H33N2/c1-5-7-9-11-13-19-15-14-18(12-10-8-6-2)17(19)16(3)4/h14-16H,5-13H2,1-4H3/q+1. The van der Waals surface area contributed by atoms with Gasteiger partial charge in [-0.1, -0.05) is 47.0 Å². The lowest BCUT2D eigenvalue weighted by Crippen LogP contribution is -2.38. The lowest BCUT2D eigenvalue weighted by atomic mass is 10.1. The number of nitrogens with zero attached hydrogens (tertiary/aromatic N) is 2. The van der Waals surface area contributed by atoms with E-state index in [9.17, 15) is 0 Å². The van der Waals surface area contributed by atoms with Crippen molar-refractivity contribution in [1.82, 2.24) is 4.57 Å². The van der Waals surface area contributed by atoms with E-state index in [0.717, 1.165) is 0 Å². The minimum Gasteiger partial charge on any atom is -0.234 e. The van der Waals surface area contributed by atoms with Crippen molar-refractivity contribution in [3.05, 3.63) is 18.2 Å². The van der Waals surface area contributed by atoms with Crippen molar-refractivity contribution < 1.29 is 4.57 Å². The molecule has 1 aromatic rings. The molecule has 0 atom stereocenters. The van der Waals surface area contributed by atoms with Crippen LogP contribution < -0.4 is 4.57 Å².